The maximum absolute atomic E-state index is 15.1. The number of nitrogens with one attached hydrogen (secondary N) is 2. The van der Waals surface area contributed by atoms with Crippen molar-refractivity contribution in [2.45, 2.75) is 5.72 Å². The van der Waals surface area contributed by atoms with Gasteiger partial charge in [-0.15, -0.1) is 0 Å². The predicted molar refractivity (Wildman–Crippen MR) is 133 cm³/mol. The summed E-state index contributed by atoms with van der Waals surface area (Å²) in [7, 11) is 0. The van der Waals surface area contributed by atoms with E-state index in [-0.39, 0.29) is 16.3 Å². The fourth-order valence-corrected chi connectivity index (χ4v) is 4.71. The van der Waals surface area contributed by atoms with Crippen LogP contribution in [-0.2, 0) is 5.72 Å². The molecule has 0 spiro atoms. The topological polar surface area (TPSA) is 81.2 Å². The van der Waals surface area contributed by atoms with Gasteiger partial charge in [-0.25, -0.2) is 9.37 Å². The number of fused-ring (bicyclic) bond motifs is 2. The molecule has 4 aromatic carbocycles. The number of aliphatic hydroxyl groups is 1. The Kier molecular flexibility index (Phi) is 4.84. The molecule has 6 nitrogen and oxygen atoms in total. The van der Waals surface area contributed by atoms with Crippen LogP contribution in [0.25, 0.3) is 11.0 Å². The molecule has 0 radical (unpaired) electrons. The summed E-state index contributed by atoms with van der Waals surface area (Å²) in [5.74, 6) is -0.790. The number of amides is 1. The first-order valence-corrected chi connectivity index (χ1v) is 11.3. The first-order valence-electron chi connectivity index (χ1n) is 10.9. The summed E-state index contributed by atoms with van der Waals surface area (Å²) in [5, 5.41) is 15.2. The van der Waals surface area contributed by atoms with E-state index in [1.165, 1.54) is 18.2 Å². The summed E-state index contributed by atoms with van der Waals surface area (Å²) in [6.45, 7) is 0. The molecule has 35 heavy (non-hydrogen) atoms. The number of benzene rings is 4. The summed E-state index contributed by atoms with van der Waals surface area (Å²) >= 11 is 6.02. The Balaban J connectivity index is 1.50. The van der Waals surface area contributed by atoms with Gasteiger partial charge in [0.2, 0.25) is 5.95 Å². The van der Waals surface area contributed by atoms with Gasteiger partial charge in [0.1, 0.15) is 0 Å². The summed E-state index contributed by atoms with van der Waals surface area (Å²) in [6.07, 6.45) is 0. The molecule has 0 saturated carbocycles. The number of halogens is 2. The van der Waals surface area contributed by atoms with Crippen molar-refractivity contribution in [2.24, 2.45) is 0 Å². The van der Waals surface area contributed by atoms with Gasteiger partial charge in [-0.1, -0.05) is 60.1 Å². The number of aromatic amines is 1. The fraction of sp³-hybridized carbons (Fsp3) is 0.0370. The third kappa shape index (κ3) is 3.28. The number of para-hydroxylation sites is 1. The molecule has 0 bridgehead atoms. The van der Waals surface area contributed by atoms with Crippen LogP contribution in [0.2, 0.25) is 5.02 Å². The number of H-pyrrole nitrogens is 1. The molecular weight excluding hydrogens is 467 g/mol. The zero-order chi connectivity index (χ0) is 24.2. The Morgan fingerprint density at radius 2 is 1.74 bits per heavy atom. The number of nitrogens with zero attached hydrogens (tertiary/aromatic N) is 2. The number of carbonyl (C=O) groups excluding carboxylic acids is 1. The second kappa shape index (κ2) is 7.94. The Morgan fingerprint density at radius 1 is 0.971 bits per heavy atom. The maximum atomic E-state index is 15.1. The third-order valence-corrected chi connectivity index (χ3v) is 6.44. The first-order chi connectivity index (χ1) is 17.0. The minimum absolute atomic E-state index is 0.114. The Hall–Kier alpha value is -4.20. The molecule has 8 heteroatoms. The number of rotatable bonds is 4. The quantitative estimate of drug-likeness (QED) is 0.294. The van der Waals surface area contributed by atoms with Crippen molar-refractivity contribution in [1.29, 1.82) is 0 Å². The molecule has 0 saturated heterocycles. The van der Waals surface area contributed by atoms with Crippen molar-refractivity contribution >= 4 is 45.9 Å². The Labute approximate surface area is 204 Å². The third-order valence-electron chi connectivity index (χ3n) is 6.15. The van der Waals surface area contributed by atoms with E-state index >= 15 is 4.39 Å². The molecule has 1 amide bonds. The van der Waals surface area contributed by atoms with Crippen LogP contribution in [-0.4, -0.2) is 21.0 Å². The standard InChI is InChI=1S/C27H18ClFN4O2/c28-20-11-6-12-23(24(20)29)33-25(34)18-9-4-5-10-19(18)27(33,35)16-13-14-21-22(15-16)32-26(31-21)30-17-7-2-1-3-8-17/h1-15,35H,(H2,30,31,32). The molecule has 0 aliphatic carbocycles. The number of hydrogen-bond acceptors (Lipinski definition) is 4. The number of imidazole rings is 1. The maximum Gasteiger partial charge on any atom is 0.261 e. The molecule has 5 aromatic rings. The molecule has 2 heterocycles. The second-order valence-corrected chi connectivity index (χ2v) is 8.65. The van der Waals surface area contributed by atoms with Crippen LogP contribution in [0.3, 0.4) is 0 Å². The monoisotopic (exact) mass is 484 g/mol. The van der Waals surface area contributed by atoms with Crippen LogP contribution in [0.15, 0.2) is 91.0 Å². The summed E-state index contributed by atoms with van der Waals surface area (Å²) in [6, 6.07) is 25.8. The van der Waals surface area contributed by atoms with Crippen LogP contribution in [0, 0.1) is 5.82 Å². The first kappa shape index (κ1) is 21.3. The summed E-state index contributed by atoms with van der Waals surface area (Å²) < 4.78 is 15.1. The van der Waals surface area contributed by atoms with Crippen molar-refractivity contribution in [3.8, 4) is 0 Å². The SMILES string of the molecule is O=C1c2ccccc2C(O)(c2ccc3nc(Nc4ccccc4)[nH]c3c2)N1c1cccc(Cl)c1F. The van der Waals surface area contributed by atoms with E-state index in [1.54, 1.807) is 42.5 Å². The van der Waals surface area contributed by atoms with Crippen molar-refractivity contribution in [3.05, 3.63) is 119 Å². The van der Waals surface area contributed by atoms with Gasteiger partial charge in [-0.2, -0.15) is 0 Å². The van der Waals surface area contributed by atoms with Crippen molar-refractivity contribution in [3.63, 3.8) is 0 Å². The van der Waals surface area contributed by atoms with Gasteiger partial charge in [-0.05, 0) is 42.5 Å². The zero-order valence-corrected chi connectivity index (χ0v) is 18.9. The number of carbonyl (C=O) groups is 1. The van der Waals surface area contributed by atoms with Crippen LogP contribution >= 0.6 is 11.6 Å². The zero-order valence-electron chi connectivity index (χ0n) is 18.2. The van der Waals surface area contributed by atoms with Gasteiger partial charge < -0.3 is 15.4 Å². The lowest BCUT2D eigenvalue weighted by molar-refractivity contribution is 0.0699. The average molecular weight is 485 g/mol. The predicted octanol–water partition coefficient (Wildman–Crippen LogP) is 5.95. The highest BCUT2D eigenvalue weighted by Crippen LogP contribution is 2.46. The van der Waals surface area contributed by atoms with E-state index < -0.39 is 17.4 Å². The van der Waals surface area contributed by atoms with Gasteiger partial charge >= 0.3 is 0 Å². The van der Waals surface area contributed by atoms with Crippen molar-refractivity contribution < 1.29 is 14.3 Å². The fourth-order valence-electron chi connectivity index (χ4n) is 4.54. The normalized spacial score (nSPS) is 17.1. The Morgan fingerprint density at radius 3 is 2.57 bits per heavy atom. The molecular formula is C27H18ClFN4O2. The van der Waals surface area contributed by atoms with Crippen LogP contribution in [0.4, 0.5) is 21.7 Å². The highest BCUT2D eigenvalue weighted by molar-refractivity contribution is 6.31. The molecule has 1 unspecified atom stereocenters. The van der Waals surface area contributed by atoms with E-state index in [0.29, 0.717) is 28.1 Å². The van der Waals surface area contributed by atoms with E-state index in [0.717, 1.165) is 10.6 Å². The lowest BCUT2D eigenvalue weighted by Crippen LogP contribution is -2.45. The van der Waals surface area contributed by atoms with Crippen LogP contribution in [0.5, 0.6) is 0 Å². The van der Waals surface area contributed by atoms with Crippen LogP contribution in [0.1, 0.15) is 21.5 Å². The van der Waals surface area contributed by atoms with Gasteiger partial charge in [0, 0.05) is 22.4 Å². The van der Waals surface area contributed by atoms with E-state index in [9.17, 15) is 9.90 Å². The van der Waals surface area contributed by atoms with Crippen molar-refractivity contribution in [1.82, 2.24) is 9.97 Å². The molecule has 1 aliphatic rings. The Bertz CT molecular complexity index is 1600. The minimum atomic E-state index is -1.97. The largest absolute Gasteiger partial charge is 0.363 e. The van der Waals surface area contributed by atoms with Crippen molar-refractivity contribution in [2.75, 3.05) is 10.2 Å². The number of anilines is 3. The number of hydrogen-bond donors (Lipinski definition) is 3. The smallest absolute Gasteiger partial charge is 0.261 e. The molecule has 6 rings (SSSR count). The van der Waals surface area contributed by atoms with E-state index in [1.807, 2.05) is 30.3 Å². The lowest BCUT2D eigenvalue weighted by atomic mass is 9.93. The van der Waals surface area contributed by atoms with Gasteiger partial charge in [0.05, 0.1) is 21.7 Å². The molecule has 0 fully saturated rings. The van der Waals surface area contributed by atoms with E-state index in [4.69, 9.17) is 11.6 Å². The molecule has 172 valence electrons. The lowest BCUT2D eigenvalue weighted by Gasteiger charge is -2.35. The molecule has 1 atom stereocenters. The summed E-state index contributed by atoms with van der Waals surface area (Å²) in [5.41, 5.74) is 1.09. The molecule has 1 aromatic heterocycles. The highest BCUT2D eigenvalue weighted by Gasteiger charge is 2.51. The number of aromatic nitrogens is 2. The average Bonchev–Trinajstić information content (AvgIpc) is 3.38. The van der Waals surface area contributed by atoms with Gasteiger partial charge in [-0.3, -0.25) is 9.69 Å². The van der Waals surface area contributed by atoms with Gasteiger partial charge in [0.25, 0.3) is 5.91 Å². The van der Waals surface area contributed by atoms with Crippen LogP contribution < -0.4 is 10.2 Å². The molecule has 1 aliphatic heterocycles. The summed E-state index contributed by atoms with van der Waals surface area (Å²) in [4.78, 5) is 22.3. The minimum Gasteiger partial charge on any atom is -0.363 e. The molecule has 3 N–H and O–H groups in total. The second-order valence-electron chi connectivity index (χ2n) is 8.24. The van der Waals surface area contributed by atoms with Gasteiger partial charge in [0.15, 0.2) is 11.5 Å². The highest BCUT2D eigenvalue weighted by atomic mass is 35.5. The van der Waals surface area contributed by atoms with E-state index in [2.05, 4.69) is 15.3 Å².